The van der Waals surface area contributed by atoms with Crippen molar-refractivity contribution in [3.05, 3.63) is 47.9 Å². The molecule has 0 atom stereocenters. The van der Waals surface area contributed by atoms with Crippen LogP contribution in [0.3, 0.4) is 0 Å². The van der Waals surface area contributed by atoms with Gasteiger partial charge in [0, 0.05) is 11.1 Å². The highest BCUT2D eigenvalue weighted by Gasteiger charge is 2.13. The summed E-state index contributed by atoms with van der Waals surface area (Å²) in [5.74, 6) is -0.508. The van der Waals surface area contributed by atoms with E-state index in [1.807, 2.05) is 37.3 Å². The average Bonchev–Trinajstić information content (AvgIpc) is 2.95. The van der Waals surface area contributed by atoms with E-state index in [0.29, 0.717) is 0 Å². The van der Waals surface area contributed by atoms with Crippen LogP contribution in [0.5, 0.6) is 0 Å². The van der Waals surface area contributed by atoms with E-state index in [2.05, 4.69) is 20.0 Å². The minimum absolute atomic E-state index is 0.172. The van der Waals surface area contributed by atoms with Crippen LogP contribution in [0.1, 0.15) is 16.2 Å². The molecular formula is C14H12N4O2. The van der Waals surface area contributed by atoms with E-state index < -0.39 is 5.97 Å². The number of nitrogens with zero attached hydrogens (tertiary/aromatic N) is 4. The fourth-order valence-corrected chi connectivity index (χ4v) is 2.05. The molecule has 0 aliphatic carbocycles. The van der Waals surface area contributed by atoms with Crippen molar-refractivity contribution < 1.29 is 9.53 Å². The van der Waals surface area contributed by atoms with Crippen molar-refractivity contribution in [1.29, 1.82) is 0 Å². The molecule has 0 unspecified atom stereocenters. The van der Waals surface area contributed by atoms with Crippen LogP contribution >= 0.6 is 0 Å². The summed E-state index contributed by atoms with van der Waals surface area (Å²) in [4.78, 5) is 15.9. The van der Waals surface area contributed by atoms with Gasteiger partial charge in [0.2, 0.25) is 0 Å². The van der Waals surface area contributed by atoms with E-state index in [1.165, 1.54) is 7.11 Å². The van der Waals surface area contributed by atoms with E-state index in [-0.39, 0.29) is 5.69 Å². The fourth-order valence-electron chi connectivity index (χ4n) is 2.05. The van der Waals surface area contributed by atoms with Crippen molar-refractivity contribution in [1.82, 2.24) is 20.0 Å². The predicted molar refractivity (Wildman–Crippen MR) is 72.7 cm³/mol. The second kappa shape index (κ2) is 4.73. The number of esters is 1. The third-order valence-electron chi connectivity index (χ3n) is 2.96. The van der Waals surface area contributed by atoms with Crippen molar-refractivity contribution in [2.75, 3.05) is 7.11 Å². The van der Waals surface area contributed by atoms with E-state index in [1.54, 1.807) is 10.9 Å². The summed E-state index contributed by atoms with van der Waals surface area (Å²) in [5, 5.41) is 8.75. The number of benzene rings is 1. The van der Waals surface area contributed by atoms with Crippen molar-refractivity contribution in [3.63, 3.8) is 0 Å². The molecule has 6 heteroatoms. The van der Waals surface area contributed by atoms with Crippen LogP contribution in [-0.2, 0) is 4.74 Å². The Balaban J connectivity index is 2.19. The maximum Gasteiger partial charge on any atom is 0.360 e. The van der Waals surface area contributed by atoms with Crippen LogP contribution in [0.15, 0.2) is 36.5 Å². The Bertz CT molecular complexity index is 795. The number of hydrogen-bond acceptors (Lipinski definition) is 5. The molecule has 0 spiro atoms. The highest BCUT2D eigenvalue weighted by atomic mass is 16.5. The summed E-state index contributed by atoms with van der Waals surface area (Å²) < 4.78 is 6.19. The van der Waals surface area contributed by atoms with Gasteiger partial charge in [-0.25, -0.2) is 9.48 Å². The van der Waals surface area contributed by atoms with Gasteiger partial charge in [-0.1, -0.05) is 23.4 Å². The van der Waals surface area contributed by atoms with Crippen LogP contribution in [-0.4, -0.2) is 33.1 Å². The maximum absolute atomic E-state index is 11.4. The number of aryl methyl sites for hydroxylation is 1. The second-order valence-corrected chi connectivity index (χ2v) is 4.34. The zero-order valence-electron chi connectivity index (χ0n) is 11.1. The van der Waals surface area contributed by atoms with Crippen LogP contribution in [0.2, 0.25) is 0 Å². The third-order valence-corrected chi connectivity index (χ3v) is 2.96. The van der Waals surface area contributed by atoms with Gasteiger partial charge < -0.3 is 4.74 Å². The molecule has 100 valence electrons. The molecule has 0 saturated carbocycles. The normalized spacial score (nSPS) is 10.7. The minimum Gasteiger partial charge on any atom is -0.464 e. The van der Waals surface area contributed by atoms with Gasteiger partial charge in [-0.05, 0) is 19.1 Å². The summed E-state index contributed by atoms with van der Waals surface area (Å²) in [6.07, 6.45) is 1.55. The number of aromatic nitrogens is 4. The molecule has 0 radical (unpaired) electrons. The Kier molecular flexibility index (Phi) is 2.90. The Morgan fingerprint density at radius 2 is 2.10 bits per heavy atom. The Hall–Kier alpha value is -2.76. The molecule has 0 bridgehead atoms. The molecule has 20 heavy (non-hydrogen) atoms. The Morgan fingerprint density at radius 1 is 1.30 bits per heavy atom. The van der Waals surface area contributed by atoms with E-state index in [4.69, 9.17) is 0 Å². The molecule has 0 saturated heterocycles. The summed E-state index contributed by atoms with van der Waals surface area (Å²) in [6, 6.07) is 9.65. The van der Waals surface area contributed by atoms with Crippen molar-refractivity contribution in [2.24, 2.45) is 0 Å². The van der Waals surface area contributed by atoms with Crippen LogP contribution in [0.4, 0.5) is 0 Å². The summed E-state index contributed by atoms with van der Waals surface area (Å²) in [6.45, 7) is 1.91. The number of carbonyl (C=O) groups excluding carboxylic acids is 1. The third kappa shape index (κ3) is 2.01. The number of pyridine rings is 1. The Labute approximate surface area is 115 Å². The molecule has 2 aromatic heterocycles. The molecule has 0 aliphatic heterocycles. The smallest absolute Gasteiger partial charge is 0.360 e. The van der Waals surface area contributed by atoms with Gasteiger partial charge in [-0.15, -0.1) is 5.10 Å². The molecule has 0 N–H and O–H groups in total. The summed E-state index contributed by atoms with van der Waals surface area (Å²) in [5.41, 5.74) is 2.74. The number of ether oxygens (including phenoxy) is 1. The van der Waals surface area contributed by atoms with Crippen molar-refractivity contribution in [2.45, 2.75) is 6.92 Å². The first kappa shape index (κ1) is 12.3. The highest BCUT2D eigenvalue weighted by Crippen LogP contribution is 2.21. The summed E-state index contributed by atoms with van der Waals surface area (Å²) >= 11 is 0. The first-order valence-electron chi connectivity index (χ1n) is 6.06. The monoisotopic (exact) mass is 268 g/mol. The molecule has 0 fully saturated rings. The first-order valence-corrected chi connectivity index (χ1v) is 6.06. The van der Waals surface area contributed by atoms with Gasteiger partial charge in [0.15, 0.2) is 5.69 Å². The van der Waals surface area contributed by atoms with E-state index >= 15 is 0 Å². The predicted octanol–water partition coefficient (Wildman–Crippen LogP) is 1.91. The van der Waals surface area contributed by atoms with Gasteiger partial charge >= 0.3 is 5.97 Å². The van der Waals surface area contributed by atoms with Gasteiger partial charge in [-0.2, -0.15) is 0 Å². The number of carbonyl (C=O) groups is 1. The summed E-state index contributed by atoms with van der Waals surface area (Å²) in [7, 11) is 1.31. The number of fused-ring (bicyclic) bond motifs is 1. The largest absolute Gasteiger partial charge is 0.464 e. The number of para-hydroxylation sites is 1. The molecule has 0 amide bonds. The fraction of sp³-hybridized carbons (Fsp3) is 0.143. The lowest BCUT2D eigenvalue weighted by Crippen LogP contribution is -2.01. The van der Waals surface area contributed by atoms with Gasteiger partial charge in [0.05, 0.1) is 24.5 Å². The SMILES string of the molecule is COC(=O)c1cn(-c2cc(C)nc3ccccc23)nn1. The topological polar surface area (TPSA) is 69.9 Å². The van der Waals surface area contributed by atoms with E-state index in [9.17, 15) is 4.79 Å². The molecule has 3 rings (SSSR count). The average molecular weight is 268 g/mol. The van der Waals surface area contributed by atoms with Crippen LogP contribution in [0.25, 0.3) is 16.6 Å². The molecule has 2 heterocycles. The maximum atomic E-state index is 11.4. The number of methoxy groups -OCH3 is 1. The number of rotatable bonds is 2. The molecular weight excluding hydrogens is 256 g/mol. The second-order valence-electron chi connectivity index (χ2n) is 4.34. The van der Waals surface area contributed by atoms with Crippen molar-refractivity contribution >= 4 is 16.9 Å². The Morgan fingerprint density at radius 3 is 2.90 bits per heavy atom. The molecule has 3 aromatic rings. The zero-order valence-corrected chi connectivity index (χ0v) is 11.1. The lowest BCUT2D eigenvalue weighted by atomic mass is 10.1. The number of hydrogen-bond donors (Lipinski definition) is 0. The van der Waals surface area contributed by atoms with Gasteiger partial charge in [-0.3, -0.25) is 4.98 Å². The highest BCUT2D eigenvalue weighted by molar-refractivity contribution is 5.89. The standard InChI is InChI=1S/C14H12N4O2/c1-9-7-13(10-5-3-4-6-11(10)15-9)18-8-12(16-17-18)14(19)20-2/h3-8H,1-2H3. The van der Waals surface area contributed by atoms with Crippen LogP contribution in [0, 0.1) is 6.92 Å². The van der Waals surface area contributed by atoms with Crippen molar-refractivity contribution in [3.8, 4) is 5.69 Å². The van der Waals surface area contributed by atoms with Gasteiger partial charge in [0.1, 0.15) is 0 Å². The molecule has 6 nitrogen and oxygen atoms in total. The lowest BCUT2D eigenvalue weighted by Gasteiger charge is -2.06. The zero-order chi connectivity index (χ0) is 14.1. The van der Waals surface area contributed by atoms with E-state index in [0.717, 1.165) is 22.3 Å². The molecule has 0 aliphatic rings. The lowest BCUT2D eigenvalue weighted by molar-refractivity contribution is 0.0594. The quantitative estimate of drug-likeness (QED) is 0.664. The first-order chi connectivity index (χ1) is 9.69. The van der Waals surface area contributed by atoms with Crippen LogP contribution < -0.4 is 0 Å². The minimum atomic E-state index is -0.508. The van der Waals surface area contributed by atoms with Gasteiger partial charge in [0.25, 0.3) is 0 Å². The molecule has 1 aromatic carbocycles.